The molecule has 3 heteroatoms. The largest absolute Gasteiger partial charge is 0.252 e. The lowest BCUT2D eigenvalue weighted by atomic mass is 9.93. The van der Waals surface area contributed by atoms with Crippen molar-refractivity contribution in [3.05, 3.63) is 11.9 Å². The van der Waals surface area contributed by atoms with Crippen LogP contribution < -0.4 is 0 Å². The summed E-state index contributed by atoms with van der Waals surface area (Å²) in [6.45, 7) is 9.54. The number of hydrogen-bond acceptors (Lipinski definition) is 2. The molecule has 12 heavy (non-hydrogen) atoms. The number of nitrogens with zero attached hydrogens (tertiary/aromatic N) is 3. The minimum atomic E-state index is 0.117. The molecule has 0 saturated heterocycles. The standard InChI is InChI=1S/C9H17N3/c1-5-6-12-7-8(10-11-12)9(2,3)4/h7H,5-6H2,1-4H3. The van der Waals surface area contributed by atoms with Crippen molar-refractivity contribution in [1.82, 2.24) is 15.0 Å². The minimum Gasteiger partial charge on any atom is -0.252 e. The lowest BCUT2D eigenvalue weighted by molar-refractivity contribution is 0.564. The maximum atomic E-state index is 4.12. The van der Waals surface area contributed by atoms with Crippen LogP contribution in [0.4, 0.5) is 0 Å². The smallest absolute Gasteiger partial charge is 0.0880 e. The van der Waals surface area contributed by atoms with Gasteiger partial charge < -0.3 is 0 Å². The Morgan fingerprint density at radius 2 is 2.08 bits per heavy atom. The zero-order chi connectivity index (χ0) is 9.19. The zero-order valence-electron chi connectivity index (χ0n) is 8.33. The normalized spacial score (nSPS) is 12.0. The molecule has 0 fully saturated rings. The minimum absolute atomic E-state index is 0.117. The van der Waals surface area contributed by atoms with Crippen LogP contribution in [0.1, 0.15) is 39.8 Å². The Balaban J connectivity index is 2.77. The van der Waals surface area contributed by atoms with Gasteiger partial charge in [0.15, 0.2) is 0 Å². The molecule has 0 aromatic carbocycles. The van der Waals surface area contributed by atoms with Crippen LogP contribution in [0.25, 0.3) is 0 Å². The van der Waals surface area contributed by atoms with Crippen molar-refractivity contribution in [2.24, 2.45) is 0 Å². The van der Waals surface area contributed by atoms with Gasteiger partial charge in [0.2, 0.25) is 0 Å². The van der Waals surface area contributed by atoms with Crippen LogP contribution in [0.3, 0.4) is 0 Å². The Morgan fingerprint density at radius 1 is 1.42 bits per heavy atom. The zero-order valence-corrected chi connectivity index (χ0v) is 8.33. The number of aryl methyl sites for hydroxylation is 1. The molecule has 68 valence electrons. The van der Waals surface area contributed by atoms with Crippen LogP contribution in [-0.4, -0.2) is 15.0 Å². The maximum absolute atomic E-state index is 4.12. The van der Waals surface area contributed by atoms with E-state index >= 15 is 0 Å². The molecule has 1 heterocycles. The van der Waals surface area contributed by atoms with E-state index in [1.807, 2.05) is 10.9 Å². The van der Waals surface area contributed by atoms with Gasteiger partial charge in [-0.25, -0.2) is 0 Å². The van der Waals surface area contributed by atoms with Crippen molar-refractivity contribution in [3.63, 3.8) is 0 Å². The summed E-state index contributed by atoms with van der Waals surface area (Å²) < 4.78 is 1.90. The first kappa shape index (κ1) is 9.23. The lowest BCUT2D eigenvalue weighted by Gasteiger charge is -2.12. The average molecular weight is 167 g/mol. The predicted octanol–water partition coefficient (Wildman–Crippen LogP) is 1.99. The fourth-order valence-corrected chi connectivity index (χ4v) is 0.980. The third kappa shape index (κ3) is 2.06. The topological polar surface area (TPSA) is 30.7 Å². The quantitative estimate of drug-likeness (QED) is 0.674. The summed E-state index contributed by atoms with van der Waals surface area (Å²) in [7, 11) is 0. The molecule has 0 aliphatic heterocycles. The van der Waals surface area contributed by atoms with Gasteiger partial charge in [0.25, 0.3) is 0 Å². The molecule has 0 spiro atoms. The number of rotatable bonds is 2. The van der Waals surface area contributed by atoms with Gasteiger partial charge in [-0.05, 0) is 6.42 Å². The highest BCUT2D eigenvalue weighted by atomic mass is 15.4. The van der Waals surface area contributed by atoms with E-state index in [9.17, 15) is 0 Å². The van der Waals surface area contributed by atoms with Gasteiger partial charge in [0, 0.05) is 18.2 Å². The molecule has 0 aliphatic rings. The second-order valence-corrected chi connectivity index (χ2v) is 4.12. The second-order valence-electron chi connectivity index (χ2n) is 4.12. The fraction of sp³-hybridized carbons (Fsp3) is 0.778. The molecular formula is C9H17N3. The van der Waals surface area contributed by atoms with Crippen LogP contribution in [0.15, 0.2) is 6.20 Å². The monoisotopic (exact) mass is 167 g/mol. The molecule has 0 atom stereocenters. The van der Waals surface area contributed by atoms with Gasteiger partial charge in [-0.1, -0.05) is 32.9 Å². The molecule has 0 bridgehead atoms. The molecule has 0 aliphatic carbocycles. The van der Waals surface area contributed by atoms with Gasteiger partial charge in [-0.15, -0.1) is 5.10 Å². The number of hydrogen-bond donors (Lipinski definition) is 0. The van der Waals surface area contributed by atoms with E-state index in [-0.39, 0.29) is 5.41 Å². The Bertz CT molecular complexity index is 245. The Hall–Kier alpha value is -0.860. The predicted molar refractivity (Wildman–Crippen MR) is 49.0 cm³/mol. The molecule has 1 rings (SSSR count). The van der Waals surface area contributed by atoms with Crippen molar-refractivity contribution >= 4 is 0 Å². The van der Waals surface area contributed by atoms with E-state index in [2.05, 4.69) is 38.0 Å². The van der Waals surface area contributed by atoms with Gasteiger partial charge in [0.05, 0.1) is 5.69 Å². The Morgan fingerprint density at radius 3 is 2.50 bits per heavy atom. The molecule has 0 amide bonds. The highest BCUT2D eigenvalue weighted by Gasteiger charge is 2.17. The van der Waals surface area contributed by atoms with Crippen LogP contribution in [0.2, 0.25) is 0 Å². The molecule has 0 unspecified atom stereocenters. The van der Waals surface area contributed by atoms with Crippen LogP contribution in [-0.2, 0) is 12.0 Å². The lowest BCUT2D eigenvalue weighted by Crippen LogP contribution is -2.11. The van der Waals surface area contributed by atoms with E-state index in [0.29, 0.717) is 0 Å². The second kappa shape index (κ2) is 3.25. The summed E-state index contributed by atoms with van der Waals surface area (Å²) in [6.07, 6.45) is 3.14. The highest BCUT2D eigenvalue weighted by molar-refractivity contribution is 5.06. The summed E-state index contributed by atoms with van der Waals surface area (Å²) in [5, 5.41) is 8.16. The third-order valence-corrected chi connectivity index (χ3v) is 1.76. The van der Waals surface area contributed by atoms with Gasteiger partial charge in [0.1, 0.15) is 0 Å². The molecule has 0 radical (unpaired) electrons. The molecule has 1 aromatic heterocycles. The Kier molecular flexibility index (Phi) is 2.50. The maximum Gasteiger partial charge on any atom is 0.0880 e. The summed E-state index contributed by atoms with van der Waals surface area (Å²) in [6, 6.07) is 0. The van der Waals surface area contributed by atoms with Crippen LogP contribution in [0.5, 0.6) is 0 Å². The van der Waals surface area contributed by atoms with Gasteiger partial charge >= 0.3 is 0 Å². The van der Waals surface area contributed by atoms with E-state index in [0.717, 1.165) is 18.7 Å². The van der Waals surface area contributed by atoms with E-state index < -0.39 is 0 Å². The van der Waals surface area contributed by atoms with E-state index in [4.69, 9.17) is 0 Å². The summed E-state index contributed by atoms with van der Waals surface area (Å²) in [5.41, 5.74) is 1.18. The van der Waals surface area contributed by atoms with Crippen molar-refractivity contribution in [2.75, 3.05) is 0 Å². The fourth-order valence-electron chi connectivity index (χ4n) is 0.980. The molecule has 3 nitrogen and oxygen atoms in total. The molecular weight excluding hydrogens is 150 g/mol. The van der Waals surface area contributed by atoms with Crippen LogP contribution >= 0.6 is 0 Å². The van der Waals surface area contributed by atoms with Gasteiger partial charge in [-0.3, -0.25) is 4.68 Å². The highest BCUT2D eigenvalue weighted by Crippen LogP contribution is 2.18. The van der Waals surface area contributed by atoms with E-state index in [1.165, 1.54) is 0 Å². The van der Waals surface area contributed by atoms with Crippen LogP contribution in [0, 0.1) is 0 Å². The van der Waals surface area contributed by atoms with Crippen molar-refractivity contribution in [1.29, 1.82) is 0 Å². The van der Waals surface area contributed by atoms with Gasteiger partial charge in [-0.2, -0.15) is 0 Å². The van der Waals surface area contributed by atoms with Crippen molar-refractivity contribution in [2.45, 2.75) is 46.1 Å². The molecule has 0 saturated carbocycles. The summed E-state index contributed by atoms with van der Waals surface area (Å²) in [5.74, 6) is 0. The molecule has 1 aromatic rings. The molecule has 0 N–H and O–H groups in total. The van der Waals surface area contributed by atoms with Crippen molar-refractivity contribution in [3.8, 4) is 0 Å². The average Bonchev–Trinajstić information content (AvgIpc) is 2.35. The van der Waals surface area contributed by atoms with Crippen molar-refractivity contribution < 1.29 is 0 Å². The number of aromatic nitrogens is 3. The first-order chi connectivity index (χ1) is 5.54. The third-order valence-electron chi connectivity index (χ3n) is 1.76. The van der Waals surface area contributed by atoms with E-state index in [1.54, 1.807) is 0 Å². The summed E-state index contributed by atoms with van der Waals surface area (Å²) >= 11 is 0. The Labute approximate surface area is 73.8 Å². The SMILES string of the molecule is CCCn1cc(C(C)(C)C)nn1. The first-order valence-electron chi connectivity index (χ1n) is 4.44. The summed E-state index contributed by atoms with van der Waals surface area (Å²) in [4.78, 5) is 0. The first-order valence-corrected chi connectivity index (χ1v) is 4.44.